The predicted octanol–water partition coefficient (Wildman–Crippen LogP) is 1.86. The van der Waals surface area contributed by atoms with Crippen molar-refractivity contribution in [3.63, 3.8) is 0 Å². The molecule has 1 amide bonds. The first-order chi connectivity index (χ1) is 8.98. The average molecular weight is 395 g/mol. The second kappa shape index (κ2) is 5.76. The Balaban J connectivity index is 2.23. The molecule has 2 rings (SSSR count). The van der Waals surface area contributed by atoms with Crippen molar-refractivity contribution in [1.82, 2.24) is 4.31 Å². The number of carbonyl (C=O) groups excluding carboxylic acids is 1. The van der Waals surface area contributed by atoms with Gasteiger partial charge in [-0.25, -0.2) is 12.7 Å². The average Bonchev–Trinajstić information content (AvgIpc) is 2.54. The molecule has 0 aromatic heterocycles. The monoisotopic (exact) mass is 395 g/mol. The molecule has 1 aliphatic rings. The third-order valence-electron chi connectivity index (χ3n) is 2.93. The lowest BCUT2D eigenvalue weighted by atomic mass is 10.2. The van der Waals surface area contributed by atoms with Crippen LogP contribution in [0.4, 0.5) is 0 Å². The van der Waals surface area contributed by atoms with Gasteiger partial charge >= 0.3 is 0 Å². The Morgan fingerprint density at radius 3 is 2.74 bits per heavy atom. The van der Waals surface area contributed by atoms with Crippen LogP contribution in [0.1, 0.15) is 23.2 Å². The highest BCUT2D eigenvalue weighted by Gasteiger charge is 2.40. The normalized spacial score (nSPS) is 16.7. The molecule has 1 aliphatic heterocycles. The summed E-state index contributed by atoms with van der Waals surface area (Å²) in [6.07, 6.45) is 1.33. The van der Waals surface area contributed by atoms with Crippen LogP contribution in [0.15, 0.2) is 23.1 Å². The number of ether oxygens (including phenoxy) is 1. The molecule has 0 unspecified atom stereocenters. The van der Waals surface area contributed by atoms with Gasteiger partial charge in [0, 0.05) is 23.8 Å². The van der Waals surface area contributed by atoms with Crippen molar-refractivity contribution in [3.05, 3.63) is 27.3 Å². The molecule has 0 radical (unpaired) electrons. The molecule has 0 saturated carbocycles. The molecule has 19 heavy (non-hydrogen) atoms. The Morgan fingerprint density at radius 1 is 1.32 bits per heavy atom. The zero-order chi connectivity index (χ0) is 14.0. The van der Waals surface area contributed by atoms with Crippen molar-refractivity contribution in [2.45, 2.75) is 17.7 Å². The standard InChI is InChI=1S/C12H14INO4S/c1-18-7-3-2-6-14-12(15)10-5-4-9(13)8-11(10)19(14,16)17/h4-5,8H,2-3,6-7H2,1H3. The molecule has 1 heterocycles. The van der Waals surface area contributed by atoms with Crippen LogP contribution in [-0.4, -0.2) is 38.9 Å². The van der Waals surface area contributed by atoms with E-state index in [1.54, 1.807) is 19.2 Å². The molecule has 0 fully saturated rings. The molecular weight excluding hydrogens is 381 g/mol. The Hall–Kier alpha value is -0.670. The first-order valence-corrected chi connectivity index (χ1v) is 8.36. The number of sulfonamides is 1. The molecule has 0 spiro atoms. The fraction of sp³-hybridized carbons (Fsp3) is 0.417. The second-order valence-corrected chi connectivity index (χ2v) is 7.30. The first-order valence-electron chi connectivity index (χ1n) is 5.84. The van der Waals surface area contributed by atoms with Crippen LogP contribution < -0.4 is 0 Å². The fourth-order valence-corrected chi connectivity index (χ4v) is 4.31. The van der Waals surface area contributed by atoms with E-state index < -0.39 is 15.9 Å². The molecule has 0 aliphatic carbocycles. The van der Waals surface area contributed by atoms with Crippen molar-refractivity contribution >= 4 is 38.5 Å². The summed E-state index contributed by atoms with van der Waals surface area (Å²) in [5, 5.41) is 0. The summed E-state index contributed by atoms with van der Waals surface area (Å²) in [4.78, 5) is 12.2. The molecule has 0 N–H and O–H groups in total. The minimum absolute atomic E-state index is 0.121. The maximum absolute atomic E-state index is 12.3. The van der Waals surface area contributed by atoms with Crippen molar-refractivity contribution in [1.29, 1.82) is 0 Å². The maximum Gasteiger partial charge on any atom is 0.269 e. The molecule has 1 aromatic rings. The zero-order valence-electron chi connectivity index (χ0n) is 10.4. The third-order valence-corrected chi connectivity index (χ3v) is 5.42. The van der Waals surface area contributed by atoms with E-state index in [0.717, 1.165) is 14.3 Å². The van der Waals surface area contributed by atoms with Crippen LogP contribution in [-0.2, 0) is 14.8 Å². The number of fused-ring (bicyclic) bond motifs is 1. The summed E-state index contributed by atoms with van der Waals surface area (Å²) in [5.41, 5.74) is 0.271. The van der Waals surface area contributed by atoms with Gasteiger partial charge in [-0.15, -0.1) is 0 Å². The van der Waals surface area contributed by atoms with Gasteiger partial charge in [0.25, 0.3) is 15.9 Å². The molecule has 1 aromatic carbocycles. The summed E-state index contributed by atoms with van der Waals surface area (Å²) >= 11 is 2.03. The van der Waals surface area contributed by atoms with E-state index in [0.29, 0.717) is 13.0 Å². The Labute approximate surface area is 126 Å². The van der Waals surface area contributed by atoms with E-state index in [4.69, 9.17) is 4.74 Å². The third kappa shape index (κ3) is 2.77. The van der Waals surface area contributed by atoms with Gasteiger partial charge in [-0.1, -0.05) is 0 Å². The lowest BCUT2D eigenvalue weighted by Gasteiger charge is -2.14. The minimum Gasteiger partial charge on any atom is -0.385 e. The van der Waals surface area contributed by atoms with E-state index in [2.05, 4.69) is 0 Å². The summed E-state index contributed by atoms with van der Waals surface area (Å²) in [7, 11) is -2.07. The predicted molar refractivity (Wildman–Crippen MR) is 78.5 cm³/mol. The number of benzene rings is 1. The fourth-order valence-electron chi connectivity index (χ4n) is 1.97. The summed E-state index contributed by atoms with van der Waals surface area (Å²) < 4.78 is 31.2. The second-order valence-electron chi connectivity index (χ2n) is 4.22. The van der Waals surface area contributed by atoms with Crippen LogP contribution in [0.5, 0.6) is 0 Å². The van der Waals surface area contributed by atoms with Gasteiger partial charge in [0.1, 0.15) is 4.90 Å². The van der Waals surface area contributed by atoms with Crippen LogP contribution in [0.3, 0.4) is 0 Å². The van der Waals surface area contributed by atoms with Crippen molar-refractivity contribution in [2.24, 2.45) is 0 Å². The first kappa shape index (κ1) is 14.7. The number of hydrogen-bond donors (Lipinski definition) is 0. The molecule has 5 nitrogen and oxygen atoms in total. The summed E-state index contributed by atoms with van der Waals surface area (Å²) in [6.45, 7) is 0.767. The number of halogens is 1. The van der Waals surface area contributed by atoms with E-state index in [-0.39, 0.29) is 17.0 Å². The summed E-state index contributed by atoms with van der Waals surface area (Å²) in [6, 6.07) is 4.85. The van der Waals surface area contributed by atoms with Gasteiger partial charge in [-0.05, 0) is 53.6 Å². The topological polar surface area (TPSA) is 63.7 Å². The zero-order valence-corrected chi connectivity index (χ0v) is 13.4. The van der Waals surface area contributed by atoms with Crippen LogP contribution in [0.2, 0.25) is 0 Å². The Morgan fingerprint density at radius 2 is 2.05 bits per heavy atom. The number of carbonyl (C=O) groups is 1. The number of methoxy groups -OCH3 is 1. The maximum atomic E-state index is 12.3. The highest BCUT2D eigenvalue weighted by Crippen LogP contribution is 2.31. The van der Waals surface area contributed by atoms with Gasteiger partial charge < -0.3 is 4.74 Å². The van der Waals surface area contributed by atoms with Gasteiger partial charge in [0.05, 0.1) is 5.56 Å². The molecule has 0 bridgehead atoms. The number of amides is 1. The largest absolute Gasteiger partial charge is 0.385 e. The van der Waals surface area contributed by atoms with Gasteiger partial charge in [0.15, 0.2) is 0 Å². The van der Waals surface area contributed by atoms with Gasteiger partial charge in [-0.2, -0.15) is 0 Å². The number of hydrogen-bond acceptors (Lipinski definition) is 4. The molecule has 0 atom stereocenters. The van der Waals surface area contributed by atoms with Crippen LogP contribution in [0.25, 0.3) is 0 Å². The highest BCUT2D eigenvalue weighted by atomic mass is 127. The Bertz CT molecular complexity index is 600. The quantitative estimate of drug-likeness (QED) is 0.564. The number of nitrogens with zero attached hydrogens (tertiary/aromatic N) is 1. The molecule has 104 valence electrons. The smallest absolute Gasteiger partial charge is 0.269 e. The lowest BCUT2D eigenvalue weighted by Crippen LogP contribution is -2.31. The lowest BCUT2D eigenvalue weighted by molar-refractivity contribution is 0.0866. The SMILES string of the molecule is COCCCCN1C(=O)c2ccc(I)cc2S1(=O)=O. The van der Waals surface area contributed by atoms with E-state index in [1.807, 2.05) is 22.6 Å². The van der Waals surface area contributed by atoms with Crippen LogP contribution in [0, 0.1) is 3.57 Å². The molecule has 0 saturated heterocycles. The minimum atomic E-state index is -3.67. The highest BCUT2D eigenvalue weighted by molar-refractivity contribution is 14.1. The molecular formula is C12H14INO4S. The van der Waals surface area contributed by atoms with Gasteiger partial charge in [-0.3, -0.25) is 4.79 Å². The van der Waals surface area contributed by atoms with Crippen LogP contribution >= 0.6 is 22.6 Å². The summed E-state index contributed by atoms with van der Waals surface area (Å²) in [5.74, 6) is -0.427. The van der Waals surface area contributed by atoms with E-state index in [1.165, 1.54) is 6.07 Å². The van der Waals surface area contributed by atoms with E-state index >= 15 is 0 Å². The van der Waals surface area contributed by atoms with Gasteiger partial charge in [0.2, 0.25) is 0 Å². The number of rotatable bonds is 5. The number of unbranched alkanes of at least 4 members (excludes halogenated alkanes) is 1. The Kier molecular flexibility index (Phi) is 4.46. The van der Waals surface area contributed by atoms with E-state index in [9.17, 15) is 13.2 Å². The molecule has 7 heteroatoms. The van der Waals surface area contributed by atoms with Crippen molar-refractivity contribution in [3.8, 4) is 0 Å². The van der Waals surface area contributed by atoms with Crippen molar-refractivity contribution < 1.29 is 17.9 Å². The van der Waals surface area contributed by atoms with Crippen molar-refractivity contribution in [2.75, 3.05) is 20.3 Å².